The third-order valence-corrected chi connectivity index (χ3v) is 3.67. The number of rotatable bonds is 4. The molecule has 0 aliphatic carbocycles. The zero-order chi connectivity index (χ0) is 13.8. The minimum Gasteiger partial charge on any atom is -0.371 e. The molecule has 0 spiro atoms. The molecule has 1 fully saturated rings. The summed E-state index contributed by atoms with van der Waals surface area (Å²) < 4.78 is 13.2. The van der Waals surface area contributed by atoms with Gasteiger partial charge in [0.1, 0.15) is 5.82 Å². The van der Waals surface area contributed by atoms with Crippen LogP contribution in [0.3, 0.4) is 0 Å². The van der Waals surface area contributed by atoms with E-state index in [1.54, 1.807) is 6.07 Å². The second-order valence-corrected chi connectivity index (χ2v) is 5.01. The van der Waals surface area contributed by atoms with Gasteiger partial charge in [0.2, 0.25) is 0 Å². The van der Waals surface area contributed by atoms with Crippen LogP contribution in [0.2, 0.25) is 0 Å². The number of carbonyl (C=O) groups excluding carboxylic acids is 1. The molecule has 0 radical (unpaired) electrons. The van der Waals surface area contributed by atoms with Crippen LogP contribution in [0, 0.1) is 11.7 Å². The van der Waals surface area contributed by atoms with E-state index in [1.165, 1.54) is 12.1 Å². The maximum absolute atomic E-state index is 13.2. The van der Waals surface area contributed by atoms with Crippen LogP contribution in [-0.4, -0.2) is 32.6 Å². The summed E-state index contributed by atoms with van der Waals surface area (Å²) in [6.07, 6.45) is 2.13. The number of halogens is 1. The molecule has 0 saturated carbocycles. The number of amides is 1. The van der Waals surface area contributed by atoms with Crippen molar-refractivity contribution in [3.63, 3.8) is 0 Å². The topological polar surface area (TPSA) is 58.4 Å². The van der Waals surface area contributed by atoms with Gasteiger partial charge in [-0.05, 0) is 50.6 Å². The molecule has 1 saturated heterocycles. The van der Waals surface area contributed by atoms with Crippen molar-refractivity contribution in [1.29, 1.82) is 0 Å². The summed E-state index contributed by atoms with van der Waals surface area (Å²) in [5.41, 5.74) is 6.34. The quantitative estimate of drug-likeness (QED) is 0.864. The van der Waals surface area contributed by atoms with Gasteiger partial charge in [0, 0.05) is 18.8 Å². The maximum atomic E-state index is 13.2. The van der Waals surface area contributed by atoms with E-state index in [0.717, 1.165) is 38.2 Å². The van der Waals surface area contributed by atoms with Gasteiger partial charge in [-0.15, -0.1) is 0 Å². The molecular formula is C14H20FN3O. The third-order valence-electron chi connectivity index (χ3n) is 3.67. The molecule has 1 heterocycles. The predicted molar refractivity (Wildman–Crippen MR) is 73.8 cm³/mol. The molecule has 0 atom stereocenters. The SMILES string of the molecule is CNCC1CCN(c2ccc(F)cc2C(N)=O)CC1. The Kier molecular flexibility index (Phi) is 4.37. The van der Waals surface area contributed by atoms with Gasteiger partial charge in [0.25, 0.3) is 5.91 Å². The van der Waals surface area contributed by atoms with E-state index in [2.05, 4.69) is 10.2 Å². The van der Waals surface area contributed by atoms with Crippen molar-refractivity contribution in [2.24, 2.45) is 11.7 Å². The summed E-state index contributed by atoms with van der Waals surface area (Å²) >= 11 is 0. The van der Waals surface area contributed by atoms with Crippen molar-refractivity contribution in [2.75, 3.05) is 31.6 Å². The molecule has 3 N–H and O–H groups in total. The molecule has 1 aromatic rings. The third kappa shape index (κ3) is 3.23. The lowest BCUT2D eigenvalue weighted by Crippen LogP contribution is -2.37. The summed E-state index contributed by atoms with van der Waals surface area (Å²) in [4.78, 5) is 13.5. The Bertz CT molecular complexity index is 456. The summed E-state index contributed by atoms with van der Waals surface area (Å²) in [6, 6.07) is 4.24. The molecule has 1 aliphatic heterocycles. The van der Waals surface area contributed by atoms with Crippen LogP contribution >= 0.6 is 0 Å². The average Bonchev–Trinajstić information content (AvgIpc) is 2.40. The number of carbonyl (C=O) groups is 1. The first kappa shape index (κ1) is 13.8. The van der Waals surface area contributed by atoms with Crippen molar-refractivity contribution < 1.29 is 9.18 Å². The first-order valence-electron chi connectivity index (χ1n) is 6.60. The minimum atomic E-state index is -0.577. The van der Waals surface area contributed by atoms with Gasteiger partial charge in [-0.1, -0.05) is 0 Å². The number of nitrogens with two attached hydrogens (primary N) is 1. The number of nitrogens with zero attached hydrogens (tertiary/aromatic N) is 1. The molecule has 2 rings (SSSR count). The van der Waals surface area contributed by atoms with E-state index in [1.807, 2.05) is 7.05 Å². The van der Waals surface area contributed by atoms with Crippen LogP contribution in [0.1, 0.15) is 23.2 Å². The molecule has 1 aliphatic rings. The maximum Gasteiger partial charge on any atom is 0.250 e. The van der Waals surface area contributed by atoms with Crippen molar-refractivity contribution in [1.82, 2.24) is 5.32 Å². The van der Waals surface area contributed by atoms with E-state index in [-0.39, 0.29) is 5.56 Å². The Balaban J connectivity index is 2.13. The van der Waals surface area contributed by atoms with Crippen molar-refractivity contribution in [2.45, 2.75) is 12.8 Å². The fraction of sp³-hybridized carbons (Fsp3) is 0.500. The van der Waals surface area contributed by atoms with Crippen LogP contribution in [0.5, 0.6) is 0 Å². The highest BCUT2D eigenvalue weighted by Gasteiger charge is 2.22. The minimum absolute atomic E-state index is 0.270. The molecule has 1 aromatic carbocycles. The Morgan fingerprint density at radius 2 is 2.16 bits per heavy atom. The van der Waals surface area contributed by atoms with Gasteiger partial charge in [0.05, 0.1) is 5.56 Å². The van der Waals surface area contributed by atoms with Crippen molar-refractivity contribution in [3.8, 4) is 0 Å². The molecule has 1 amide bonds. The lowest BCUT2D eigenvalue weighted by atomic mass is 9.96. The van der Waals surface area contributed by atoms with Crippen LogP contribution in [0.4, 0.5) is 10.1 Å². The molecule has 104 valence electrons. The smallest absolute Gasteiger partial charge is 0.250 e. The summed E-state index contributed by atoms with van der Waals surface area (Å²) in [5.74, 6) is -0.340. The Morgan fingerprint density at radius 1 is 1.47 bits per heavy atom. The number of primary amides is 1. The average molecular weight is 265 g/mol. The first-order chi connectivity index (χ1) is 9.11. The zero-order valence-electron chi connectivity index (χ0n) is 11.2. The van der Waals surface area contributed by atoms with Gasteiger partial charge in [-0.25, -0.2) is 4.39 Å². The first-order valence-corrected chi connectivity index (χ1v) is 6.60. The number of hydrogen-bond acceptors (Lipinski definition) is 3. The Hall–Kier alpha value is -1.62. The molecule has 4 nitrogen and oxygen atoms in total. The summed E-state index contributed by atoms with van der Waals surface area (Å²) in [6.45, 7) is 2.76. The lowest BCUT2D eigenvalue weighted by molar-refractivity contribution is 0.1000. The fourth-order valence-electron chi connectivity index (χ4n) is 2.65. The van der Waals surface area contributed by atoms with E-state index in [4.69, 9.17) is 5.73 Å². The van der Waals surface area contributed by atoms with Gasteiger partial charge < -0.3 is 16.0 Å². The second kappa shape index (κ2) is 6.02. The van der Waals surface area contributed by atoms with Crippen LogP contribution in [0.15, 0.2) is 18.2 Å². The van der Waals surface area contributed by atoms with E-state index in [0.29, 0.717) is 5.92 Å². The predicted octanol–water partition coefficient (Wildman–Crippen LogP) is 1.36. The van der Waals surface area contributed by atoms with Crippen LogP contribution in [-0.2, 0) is 0 Å². The monoisotopic (exact) mass is 265 g/mol. The molecular weight excluding hydrogens is 245 g/mol. The molecule has 5 heteroatoms. The van der Waals surface area contributed by atoms with E-state index >= 15 is 0 Å². The van der Waals surface area contributed by atoms with Gasteiger partial charge in [0.15, 0.2) is 0 Å². The molecule has 0 unspecified atom stereocenters. The van der Waals surface area contributed by atoms with Gasteiger partial charge in [-0.2, -0.15) is 0 Å². The molecule has 0 aromatic heterocycles. The summed E-state index contributed by atoms with van der Waals surface area (Å²) in [5, 5.41) is 3.19. The van der Waals surface area contributed by atoms with E-state index in [9.17, 15) is 9.18 Å². The number of piperidine rings is 1. The number of nitrogens with one attached hydrogen (secondary N) is 1. The van der Waals surface area contributed by atoms with Crippen molar-refractivity contribution >= 4 is 11.6 Å². The van der Waals surface area contributed by atoms with Crippen LogP contribution in [0.25, 0.3) is 0 Å². The highest BCUT2D eigenvalue weighted by atomic mass is 19.1. The molecule has 19 heavy (non-hydrogen) atoms. The second-order valence-electron chi connectivity index (χ2n) is 5.01. The number of anilines is 1. The highest BCUT2D eigenvalue weighted by molar-refractivity contribution is 5.98. The highest BCUT2D eigenvalue weighted by Crippen LogP contribution is 2.26. The molecule has 0 bridgehead atoms. The normalized spacial score (nSPS) is 16.6. The van der Waals surface area contributed by atoms with Gasteiger partial charge >= 0.3 is 0 Å². The zero-order valence-corrected chi connectivity index (χ0v) is 11.2. The Labute approximate surface area is 112 Å². The van der Waals surface area contributed by atoms with Gasteiger partial charge in [-0.3, -0.25) is 4.79 Å². The number of hydrogen-bond donors (Lipinski definition) is 2. The number of benzene rings is 1. The lowest BCUT2D eigenvalue weighted by Gasteiger charge is -2.34. The fourth-order valence-corrected chi connectivity index (χ4v) is 2.65. The van der Waals surface area contributed by atoms with Crippen molar-refractivity contribution in [3.05, 3.63) is 29.6 Å². The van der Waals surface area contributed by atoms with Crippen LogP contribution < -0.4 is 16.0 Å². The van der Waals surface area contributed by atoms with E-state index < -0.39 is 11.7 Å². The summed E-state index contributed by atoms with van der Waals surface area (Å²) in [7, 11) is 1.96. The Morgan fingerprint density at radius 3 is 2.74 bits per heavy atom. The standard InChI is InChI=1S/C14H20FN3O/c1-17-9-10-4-6-18(7-5-10)13-3-2-11(15)8-12(13)14(16)19/h2-3,8,10,17H,4-7,9H2,1H3,(H2,16,19). The largest absolute Gasteiger partial charge is 0.371 e.